The maximum absolute atomic E-state index is 12.4. The molecule has 0 fully saturated rings. The van der Waals surface area contributed by atoms with E-state index in [-0.39, 0.29) is 31.9 Å². The number of nitrogens with zero attached hydrogens (tertiary/aromatic N) is 4. The van der Waals surface area contributed by atoms with E-state index in [0.29, 0.717) is 5.65 Å². The molecule has 0 aromatic carbocycles. The van der Waals surface area contributed by atoms with Gasteiger partial charge in [0.05, 0.1) is 19.7 Å². The fourth-order valence-corrected chi connectivity index (χ4v) is 1.98. The number of pyridine rings is 1. The van der Waals surface area contributed by atoms with Gasteiger partial charge in [-0.25, -0.2) is 18.3 Å². The number of aromatic nitrogens is 3. The minimum absolute atomic E-state index is 0.145. The lowest BCUT2D eigenvalue weighted by Crippen LogP contribution is -2.36. The number of hydrogen-bond acceptors (Lipinski definition) is 4. The van der Waals surface area contributed by atoms with Gasteiger partial charge in [-0.1, -0.05) is 6.07 Å². The Labute approximate surface area is 113 Å². The molecule has 0 saturated carbocycles. The lowest BCUT2D eigenvalue weighted by atomic mass is 10.4. The van der Waals surface area contributed by atoms with Crippen molar-refractivity contribution < 1.29 is 13.9 Å². The highest BCUT2D eigenvalue weighted by Gasteiger charge is 2.13. The lowest BCUT2D eigenvalue weighted by molar-refractivity contribution is 0.0758. The van der Waals surface area contributed by atoms with Gasteiger partial charge in [-0.05, 0) is 12.1 Å². The highest BCUT2D eigenvalue weighted by Crippen LogP contribution is 1.99. The van der Waals surface area contributed by atoms with Crippen molar-refractivity contribution in [3.05, 3.63) is 34.9 Å². The van der Waals surface area contributed by atoms with Gasteiger partial charge in [0.25, 0.3) is 6.43 Å². The molecule has 0 aliphatic carbocycles. The topological polar surface area (TPSA) is 62.8 Å². The average molecular weight is 286 g/mol. The molecule has 2 heterocycles. The summed E-state index contributed by atoms with van der Waals surface area (Å²) in [5.41, 5.74) is 0.210. The number of fused-ring (bicyclic) bond motifs is 1. The maximum atomic E-state index is 12.4. The molecule has 0 aliphatic rings. The van der Waals surface area contributed by atoms with E-state index in [1.165, 1.54) is 14.0 Å². The van der Waals surface area contributed by atoms with Crippen molar-refractivity contribution >= 4 is 5.65 Å². The Morgan fingerprint density at radius 1 is 1.35 bits per heavy atom. The molecule has 0 radical (unpaired) electrons. The summed E-state index contributed by atoms with van der Waals surface area (Å²) in [4.78, 5) is 13.4. The fraction of sp³-hybridized carbons (Fsp3) is 0.500. The monoisotopic (exact) mass is 286 g/mol. The quantitative estimate of drug-likeness (QED) is 0.781. The van der Waals surface area contributed by atoms with Gasteiger partial charge in [-0.15, -0.1) is 5.10 Å². The third kappa shape index (κ3) is 3.40. The first-order valence-corrected chi connectivity index (χ1v) is 6.27. The number of hydrogen-bond donors (Lipinski definition) is 1. The van der Waals surface area contributed by atoms with E-state index in [9.17, 15) is 13.6 Å². The molecule has 0 atom stereocenters. The van der Waals surface area contributed by atoms with Gasteiger partial charge < -0.3 is 5.11 Å². The van der Waals surface area contributed by atoms with Crippen LogP contribution in [0.5, 0.6) is 0 Å². The summed E-state index contributed by atoms with van der Waals surface area (Å²) in [5.74, 6) is 0. The molecule has 2 aromatic rings. The molecule has 0 aliphatic heterocycles. The van der Waals surface area contributed by atoms with Gasteiger partial charge in [0.1, 0.15) is 0 Å². The lowest BCUT2D eigenvalue weighted by Gasteiger charge is -2.20. The van der Waals surface area contributed by atoms with Gasteiger partial charge in [0.15, 0.2) is 5.65 Å². The largest absolute Gasteiger partial charge is 0.395 e. The Kier molecular flexibility index (Phi) is 4.80. The van der Waals surface area contributed by atoms with Gasteiger partial charge in [0, 0.05) is 19.3 Å². The number of aliphatic hydroxyl groups is 1. The van der Waals surface area contributed by atoms with E-state index < -0.39 is 13.0 Å². The summed E-state index contributed by atoms with van der Waals surface area (Å²) in [5, 5.41) is 13.0. The van der Waals surface area contributed by atoms with Crippen molar-refractivity contribution in [3.63, 3.8) is 0 Å². The maximum Gasteiger partial charge on any atom is 0.350 e. The van der Waals surface area contributed by atoms with E-state index >= 15 is 0 Å². The predicted molar refractivity (Wildman–Crippen MR) is 69.0 cm³/mol. The summed E-state index contributed by atoms with van der Waals surface area (Å²) in [7, 11) is 0. The van der Waals surface area contributed by atoms with E-state index in [0.717, 1.165) is 0 Å². The molecule has 110 valence electrons. The molecular weight excluding hydrogens is 270 g/mol. The highest BCUT2D eigenvalue weighted by atomic mass is 19.3. The number of halogens is 2. The molecule has 2 aromatic heterocycles. The van der Waals surface area contributed by atoms with E-state index in [1.807, 2.05) is 0 Å². The minimum Gasteiger partial charge on any atom is -0.395 e. The molecule has 6 nitrogen and oxygen atoms in total. The summed E-state index contributed by atoms with van der Waals surface area (Å²) >= 11 is 0. The van der Waals surface area contributed by atoms with Crippen molar-refractivity contribution in [2.45, 2.75) is 13.0 Å². The van der Waals surface area contributed by atoms with Crippen LogP contribution in [0, 0.1) is 0 Å². The third-order valence-corrected chi connectivity index (χ3v) is 2.93. The van der Waals surface area contributed by atoms with Crippen LogP contribution in [0.25, 0.3) is 5.65 Å². The molecule has 1 N–H and O–H groups in total. The smallest absolute Gasteiger partial charge is 0.350 e. The average Bonchev–Trinajstić information content (AvgIpc) is 2.73. The zero-order chi connectivity index (χ0) is 14.5. The summed E-state index contributed by atoms with van der Waals surface area (Å²) in [6.07, 6.45) is -0.870. The van der Waals surface area contributed by atoms with E-state index in [1.54, 1.807) is 24.4 Å². The second-order valence-corrected chi connectivity index (χ2v) is 4.35. The van der Waals surface area contributed by atoms with E-state index in [4.69, 9.17) is 5.11 Å². The van der Waals surface area contributed by atoms with Crippen molar-refractivity contribution in [1.29, 1.82) is 0 Å². The number of aliphatic hydroxyl groups excluding tert-OH is 1. The van der Waals surface area contributed by atoms with Gasteiger partial charge >= 0.3 is 5.69 Å². The Hall–Kier alpha value is -1.80. The van der Waals surface area contributed by atoms with Gasteiger partial charge in [0.2, 0.25) is 0 Å². The number of rotatable bonds is 7. The zero-order valence-corrected chi connectivity index (χ0v) is 10.8. The van der Waals surface area contributed by atoms with Crippen molar-refractivity contribution in [1.82, 2.24) is 19.1 Å². The van der Waals surface area contributed by atoms with Crippen LogP contribution >= 0.6 is 0 Å². The normalized spacial score (nSPS) is 11.8. The second-order valence-electron chi connectivity index (χ2n) is 4.35. The first-order chi connectivity index (χ1) is 9.61. The first-order valence-electron chi connectivity index (χ1n) is 6.27. The van der Waals surface area contributed by atoms with Crippen molar-refractivity contribution in [3.8, 4) is 0 Å². The van der Waals surface area contributed by atoms with Crippen LogP contribution in [-0.4, -0.2) is 56.9 Å². The SMILES string of the molecule is O=c1n(CCN(CCO)CC(F)F)nc2ccccn12. The molecular formula is C12H16F2N4O2. The minimum atomic E-state index is -2.47. The van der Waals surface area contributed by atoms with Crippen LogP contribution in [0.4, 0.5) is 8.78 Å². The van der Waals surface area contributed by atoms with Gasteiger partial charge in [-0.3, -0.25) is 9.30 Å². The van der Waals surface area contributed by atoms with Crippen LogP contribution < -0.4 is 5.69 Å². The molecule has 0 spiro atoms. The van der Waals surface area contributed by atoms with Crippen LogP contribution in [0.2, 0.25) is 0 Å². The van der Waals surface area contributed by atoms with Crippen LogP contribution in [0.1, 0.15) is 0 Å². The molecule has 20 heavy (non-hydrogen) atoms. The molecule has 0 saturated heterocycles. The highest BCUT2D eigenvalue weighted by molar-refractivity contribution is 5.35. The van der Waals surface area contributed by atoms with Crippen LogP contribution in [0.3, 0.4) is 0 Å². The summed E-state index contributed by atoms with van der Waals surface area (Å²) < 4.78 is 27.4. The van der Waals surface area contributed by atoms with Crippen LogP contribution in [0.15, 0.2) is 29.2 Å². The standard InChI is InChI=1S/C12H16F2N4O2/c13-10(14)9-16(7-8-19)5-6-18-12(20)17-4-2-1-3-11(17)15-18/h1-4,10,19H,5-9H2. The van der Waals surface area contributed by atoms with Crippen LogP contribution in [-0.2, 0) is 6.54 Å². The Balaban J connectivity index is 2.07. The molecule has 0 unspecified atom stereocenters. The summed E-state index contributed by atoms with van der Waals surface area (Å²) in [6, 6.07) is 5.18. The van der Waals surface area contributed by atoms with Crippen molar-refractivity contribution in [2.75, 3.05) is 26.2 Å². The Morgan fingerprint density at radius 3 is 2.80 bits per heavy atom. The fourth-order valence-electron chi connectivity index (χ4n) is 1.98. The Morgan fingerprint density at radius 2 is 2.15 bits per heavy atom. The second kappa shape index (κ2) is 6.58. The molecule has 0 amide bonds. The van der Waals surface area contributed by atoms with E-state index in [2.05, 4.69) is 5.10 Å². The summed E-state index contributed by atoms with van der Waals surface area (Å²) in [6.45, 7) is -0.0517. The molecule has 2 rings (SSSR count). The van der Waals surface area contributed by atoms with Crippen molar-refractivity contribution in [2.24, 2.45) is 0 Å². The third-order valence-electron chi connectivity index (χ3n) is 2.93. The first kappa shape index (κ1) is 14.6. The predicted octanol–water partition coefficient (Wildman–Crippen LogP) is 0.0554. The molecule has 0 bridgehead atoms. The van der Waals surface area contributed by atoms with Gasteiger partial charge in [-0.2, -0.15) is 0 Å². The number of alkyl halides is 2. The molecule has 8 heteroatoms. The zero-order valence-electron chi connectivity index (χ0n) is 10.8. The Bertz CT molecular complexity index is 611.